The van der Waals surface area contributed by atoms with Crippen LogP contribution in [0.2, 0.25) is 6.32 Å². The van der Waals surface area contributed by atoms with Crippen molar-refractivity contribution in [3.05, 3.63) is 0 Å². The van der Waals surface area contributed by atoms with Gasteiger partial charge < -0.3 is 9.31 Å². The van der Waals surface area contributed by atoms with Gasteiger partial charge in [0.05, 0.1) is 11.7 Å². The van der Waals surface area contributed by atoms with E-state index in [0.717, 1.165) is 18.2 Å². The highest BCUT2D eigenvalue weighted by molar-refractivity contribution is 6.45. The van der Waals surface area contributed by atoms with Crippen LogP contribution in [0.5, 0.6) is 0 Å². The lowest BCUT2D eigenvalue weighted by atomic mass is 9.43. The normalized spacial score (nSPS) is 49.5. The van der Waals surface area contributed by atoms with Gasteiger partial charge in [-0.05, 0) is 49.3 Å². The molecule has 18 heavy (non-hydrogen) atoms. The van der Waals surface area contributed by atoms with Gasteiger partial charge in [-0.25, -0.2) is 0 Å². The summed E-state index contributed by atoms with van der Waals surface area (Å²) in [4.78, 5) is 0. The molecule has 1 unspecified atom stereocenters. The zero-order valence-electron chi connectivity index (χ0n) is 11.9. The first-order valence-corrected chi connectivity index (χ1v) is 7.83. The monoisotopic (exact) mass is 248 g/mol. The number of hydrogen-bond acceptors (Lipinski definition) is 2. The summed E-state index contributed by atoms with van der Waals surface area (Å²) in [6.07, 6.45) is 8.30. The summed E-state index contributed by atoms with van der Waals surface area (Å²) in [5, 5.41) is 0. The number of hydrogen-bond donors (Lipinski definition) is 0. The van der Waals surface area contributed by atoms with Crippen LogP contribution in [0.1, 0.15) is 52.9 Å². The Morgan fingerprint density at radius 3 is 2.56 bits per heavy atom. The lowest BCUT2D eigenvalue weighted by molar-refractivity contribution is -0.199. The molecule has 4 saturated carbocycles. The van der Waals surface area contributed by atoms with Gasteiger partial charge in [0.1, 0.15) is 0 Å². The Balaban J connectivity index is 1.50. The van der Waals surface area contributed by atoms with Crippen molar-refractivity contribution in [1.29, 1.82) is 0 Å². The summed E-state index contributed by atoms with van der Waals surface area (Å²) in [5.41, 5.74) is 0.479. The summed E-state index contributed by atoms with van der Waals surface area (Å²) in [5.74, 6) is 2.45. The fourth-order valence-corrected chi connectivity index (χ4v) is 5.05. The minimum Gasteiger partial charge on any atom is -0.405 e. The molecule has 1 saturated heterocycles. The predicted octanol–water partition coefficient (Wildman–Crippen LogP) is 3.51. The molecular formula is C15H25BO2. The first-order chi connectivity index (χ1) is 8.50. The van der Waals surface area contributed by atoms with Gasteiger partial charge in [0.2, 0.25) is 0 Å². The average Bonchev–Trinajstić information content (AvgIpc) is 2.58. The van der Waals surface area contributed by atoms with Crippen LogP contribution < -0.4 is 0 Å². The molecular weight excluding hydrogens is 223 g/mol. The van der Waals surface area contributed by atoms with Gasteiger partial charge in [-0.2, -0.15) is 0 Å². The van der Waals surface area contributed by atoms with Gasteiger partial charge in [-0.15, -0.1) is 0 Å². The molecule has 0 aromatic heterocycles. The molecule has 3 heteroatoms. The maximum Gasteiger partial charge on any atom is 0.457 e. The second-order valence-corrected chi connectivity index (χ2v) is 7.93. The van der Waals surface area contributed by atoms with Crippen LogP contribution in [-0.4, -0.2) is 18.8 Å². The third kappa shape index (κ3) is 1.38. The van der Waals surface area contributed by atoms with E-state index in [4.69, 9.17) is 9.31 Å². The fraction of sp³-hybridized carbons (Fsp3) is 1.00. The molecule has 2 bridgehead atoms. The first-order valence-electron chi connectivity index (χ1n) is 7.83. The van der Waals surface area contributed by atoms with Crippen LogP contribution in [0.3, 0.4) is 0 Å². The smallest absolute Gasteiger partial charge is 0.405 e. The van der Waals surface area contributed by atoms with Crippen molar-refractivity contribution < 1.29 is 9.31 Å². The van der Waals surface area contributed by atoms with Crippen molar-refractivity contribution in [3.63, 3.8) is 0 Å². The van der Waals surface area contributed by atoms with Gasteiger partial charge >= 0.3 is 7.12 Å². The van der Waals surface area contributed by atoms with E-state index in [-0.39, 0.29) is 12.7 Å². The summed E-state index contributed by atoms with van der Waals surface area (Å²) in [7, 11) is 0.0976. The van der Waals surface area contributed by atoms with Crippen LogP contribution in [0.25, 0.3) is 0 Å². The fourth-order valence-electron chi connectivity index (χ4n) is 5.05. The Morgan fingerprint density at radius 2 is 1.94 bits per heavy atom. The van der Waals surface area contributed by atoms with E-state index in [1.165, 1.54) is 32.1 Å². The quantitative estimate of drug-likeness (QED) is 0.696. The third-order valence-electron chi connectivity index (χ3n) is 6.75. The summed E-state index contributed by atoms with van der Waals surface area (Å²) < 4.78 is 12.7. The molecule has 0 radical (unpaired) electrons. The van der Waals surface area contributed by atoms with Gasteiger partial charge in [0.15, 0.2) is 0 Å². The van der Waals surface area contributed by atoms with Gasteiger partial charge in [-0.3, -0.25) is 0 Å². The second-order valence-electron chi connectivity index (χ2n) is 7.93. The highest BCUT2D eigenvalue weighted by atomic mass is 16.7. The standard InChI is InChI=1S/C15H25BO2/c1-14(2)11-7-12(14)15(3)13(8-11)17-16(18-15)9-10-5-4-6-10/h10-13H,4-9H2,1-3H3/t11-,12-,13?,15+/m1/s1. The van der Waals surface area contributed by atoms with E-state index in [2.05, 4.69) is 20.8 Å². The van der Waals surface area contributed by atoms with Crippen molar-refractivity contribution in [1.82, 2.24) is 0 Å². The van der Waals surface area contributed by atoms with E-state index < -0.39 is 0 Å². The molecule has 0 N–H and O–H groups in total. The maximum absolute atomic E-state index is 6.42. The lowest BCUT2D eigenvalue weighted by Gasteiger charge is -2.64. The molecule has 0 aromatic rings. The SMILES string of the molecule is CC1(C)[C@H]2CC3OB(CC4CCC4)O[C@@]3(C)[C@@H]1C2. The highest BCUT2D eigenvalue weighted by Gasteiger charge is 2.67. The van der Waals surface area contributed by atoms with Crippen LogP contribution in [0, 0.1) is 23.2 Å². The summed E-state index contributed by atoms with van der Waals surface area (Å²) in [6, 6.07) is 0. The van der Waals surface area contributed by atoms with Crippen molar-refractivity contribution in [2.45, 2.75) is 70.9 Å². The van der Waals surface area contributed by atoms with E-state index in [9.17, 15) is 0 Å². The van der Waals surface area contributed by atoms with Crippen molar-refractivity contribution in [2.24, 2.45) is 23.2 Å². The molecule has 100 valence electrons. The van der Waals surface area contributed by atoms with Crippen molar-refractivity contribution in [3.8, 4) is 0 Å². The minimum atomic E-state index is 0.00661. The van der Waals surface area contributed by atoms with Crippen molar-refractivity contribution in [2.75, 3.05) is 0 Å². The molecule has 2 nitrogen and oxygen atoms in total. The second kappa shape index (κ2) is 3.55. The Morgan fingerprint density at radius 1 is 1.17 bits per heavy atom. The molecule has 4 aliphatic carbocycles. The Labute approximate surface area is 111 Å². The van der Waals surface area contributed by atoms with E-state index in [1.54, 1.807) is 0 Å². The average molecular weight is 248 g/mol. The van der Waals surface area contributed by atoms with E-state index >= 15 is 0 Å². The molecule has 5 fully saturated rings. The molecule has 0 aromatic carbocycles. The minimum absolute atomic E-state index is 0.00661. The maximum atomic E-state index is 6.42. The molecule has 0 spiro atoms. The molecule has 4 atom stereocenters. The topological polar surface area (TPSA) is 18.5 Å². The molecule has 1 aliphatic heterocycles. The summed E-state index contributed by atoms with van der Waals surface area (Å²) >= 11 is 0. The van der Waals surface area contributed by atoms with Gasteiger partial charge in [-0.1, -0.05) is 33.1 Å². The first kappa shape index (κ1) is 11.8. The molecule has 0 amide bonds. The predicted molar refractivity (Wildman–Crippen MR) is 72.3 cm³/mol. The van der Waals surface area contributed by atoms with E-state index in [1.807, 2.05) is 0 Å². The Bertz CT molecular complexity index is 366. The molecule has 5 rings (SSSR count). The number of rotatable bonds is 2. The summed E-state index contributed by atoms with van der Waals surface area (Å²) in [6.45, 7) is 7.17. The lowest BCUT2D eigenvalue weighted by Crippen LogP contribution is -2.65. The van der Waals surface area contributed by atoms with Gasteiger partial charge in [0, 0.05) is 0 Å². The zero-order valence-corrected chi connectivity index (χ0v) is 11.9. The largest absolute Gasteiger partial charge is 0.457 e. The van der Waals surface area contributed by atoms with Crippen LogP contribution >= 0.6 is 0 Å². The zero-order chi connectivity index (χ0) is 12.5. The Kier molecular flexibility index (Phi) is 2.32. The van der Waals surface area contributed by atoms with E-state index in [0.29, 0.717) is 17.4 Å². The molecule has 1 heterocycles. The third-order valence-corrected chi connectivity index (χ3v) is 6.75. The molecule has 5 aliphatic rings. The van der Waals surface area contributed by atoms with Crippen LogP contribution in [0.4, 0.5) is 0 Å². The van der Waals surface area contributed by atoms with Gasteiger partial charge in [0.25, 0.3) is 0 Å². The van der Waals surface area contributed by atoms with Crippen LogP contribution in [-0.2, 0) is 9.31 Å². The van der Waals surface area contributed by atoms with Crippen molar-refractivity contribution >= 4 is 7.12 Å². The Hall–Kier alpha value is -0.0151. The highest BCUT2D eigenvalue weighted by Crippen LogP contribution is 2.65. The van der Waals surface area contributed by atoms with Crippen LogP contribution in [0.15, 0.2) is 0 Å².